The SMILES string of the molecule is CC(C)(C)NC(=O)CCNC(=O)C1CCCCCN1. The molecule has 0 aromatic rings. The van der Waals surface area contributed by atoms with Crippen molar-refractivity contribution in [3.63, 3.8) is 0 Å². The summed E-state index contributed by atoms with van der Waals surface area (Å²) in [6.07, 6.45) is 4.63. The van der Waals surface area contributed by atoms with Crippen LogP contribution in [0.2, 0.25) is 0 Å². The standard InChI is InChI=1S/C14H27N3O2/c1-14(2,3)17-12(18)8-10-16-13(19)11-7-5-4-6-9-15-11/h11,15H,4-10H2,1-3H3,(H,16,19)(H,17,18). The lowest BCUT2D eigenvalue weighted by molar-refractivity contribution is -0.124. The lowest BCUT2D eigenvalue weighted by Gasteiger charge is -2.21. The van der Waals surface area contributed by atoms with Crippen molar-refractivity contribution < 1.29 is 9.59 Å². The number of rotatable bonds is 4. The fraction of sp³-hybridized carbons (Fsp3) is 0.857. The van der Waals surface area contributed by atoms with Crippen LogP contribution in [0.1, 0.15) is 52.9 Å². The highest BCUT2D eigenvalue weighted by molar-refractivity contribution is 5.82. The van der Waals surface area contributed by atoms with Crippen LogP contribution in [-0.4, -0.2) is 36.5 Å². The van der Waals surface area contributed by atoms with Crippen LogP contribution in [-0.2, 0) is 9.59 Å². The summed E-state index contributed by atoms with van der Waals surface area (Å²) in [6, 6.07) is -0.0897. The second-order valence-electron chi connectivity index (χ2n) is 6.20. The molecule has 0 aromatic heterocycles. The zero-order chi connectivity index (χ0) is 14.3. The van der Waals surface area contributed by atoms with Gasteiger partial charge >= 0.3 is 0 Å². The minimum Gasteiger partial charge on any atom is -0.354 e. The molecule has 2 amide bonds. The first-order valence-electron chi connectivity index (χ1n) is 7.20. The van der Waals surface area contributed by atoms with E-state index in [4.69, 9.17) is 0 Å². The van der Waals surface area contributed by atoms with Crippen LogP contribution in [0.15, 0.2) is 0 Å². The van der Waals surface area contributed by atoms with E-state index in [-0.39, 0.29) is 23.4 Å². The van der Waals surface area contributed by atoms with Crippen LogP contribution in [0.4, 0.5) is 0 Å². The maximum absolute atomic E-state index is 11.9. The summed E-state index contributed by atoms with van der Waals surface area (Å²) >= 11 is 0. The molecular weight excluding hydrogens is 242 g/mol. The second-order valence-corrected chi connectivity index (χ2v) is 6.20. The van der Waals surface area contributed by atoms with E-state index >= 15 is 0 Å². The molecule has 1 aliphatic heterocycles. The molecule has 0 aliphatic carbocycles. The fourth-order valence-corrected chi connectivity index (χ4v) is 2.16. The molecule has 5 heteroatoms. The van der Waals surface area contributed by atoms with Crippen molar-refractivity contribution in [3.8, 4) is 0 Å². The highest BCUT2D eigenvalue weighted by Crippen LogP contribution is 2.08. The van der Waals surface area contributed by atoms with Gasteiger partial charge in [-0.05, 0) is 40.2 Å². The summed E-state index contributed by atoms with van der Waals surface area (Å²) in [4.78, 5) is 23.5. The zero-order valence-electron chi connectivity index (χ0n) is 12.3. The summed E-state index contributed by atoms with van der Waals surface area (Å²) < 4.78 is 0. The van der Waals surface area contributed by atoms with Crippen molar-refractivity contribution in [2.24, 2.45) is 0 Å². The summed E-state index contributed by atoms with van der Waals surface area (Å²) in [7, 11) is 0. The van der Waals surface area contributed by atoms with Gasteiger partial charge in [-0.1, -0.05) is 12.8 Å². The minimum absolute atomic E-state index is 0.0189. The van der Waals surface area contributed by atoms with Crippen LogP contribution >= 0.6 is 0 Å². The molecule has 0 bridgehead atoms. The number of carbonyl (C=O) groups excluding carboxylic acids is 2. The van der Waals surface area contributed by atoms with Crippen molar-refractivity contribution in [2.75, 3.05) is 13.1 Å². The molecule has 0 saturated carbocycles. The molecule has 1 aliphatic rings. The van der Waals surface area contributed by atoms with E-state index in [1.54, 1.807) is 0 Å². The quantitative estimate of drug-likeness (QED) is 0.711. The maximum atomic E-state index is 11.9. The van der Waals surface area contributed by atoms with Gasteiger partial charge < -0.3 is 16.0 Å². The van der Waals surface area contributed by atoms with Gasteiger partial charge in [-0.25, -0.2) is 0 Å². The van der Waals surface area contributed by atoms with E-state index in [2.05, 4.69) is 16.0 Å². The second kappa shape index (κ2) is 7.48. The van der Waals surface area contributed by atoms with Gasteiger partial charge in [-0.15, -0.1) is 0 Å². The van der Waals surface area contributed by atoms with E-state index < -0.39 is 0 Å². The third kappa shape index (κ3) is 7.15. The van der Waals surface area contributed by atoms with Crippen molar-refractivity contribution in [1.29, 1.82) is 0 Å². The number of hydrogen-bond donors (Lipinski definition) is 3. The van der Waals surface area contributed by atoms with Gasteiger partial charge in [0.25, 0.3) is 0 Å². The Morgan fingerprint density at radius 3 is 2.63 bits per heavy atom. The molecule has 110 valence electrons. The van der Waals surface area contributed by atoms with Crippen LogP contribution in [0.3, 0.4) is 0 Å². The summed E-state index contributed by atoms with van der Waals surface area (Å²) in [5, 5.41) is 8.96. The Morgan fingerprint density at radius 2 is 1.95 bits per heavy atom. The predicted octanol–water partition coefficient (Wildman–Crippen LogP) is 0.940. The average molecular weight is 269 g/mol. The molecule has 3 N–H and O–H groups in total. The maximum Gasteiger partial charge on any atom is 0.237 e. The summed E-state index contributed by atoms with van der Waals surface area (Å²) in [5.74, 6) is -0.00733. The van der Waals surface area contributed by atoms with Gasteiger partial charge in [0.15, 0.2) is 0 Å². The van der Waals surface area contributed by atoms with Crippen LogP contribution in [0.25, 0.3) is 0 Å². The summed E-state index contributed by atoms with van der Waals surface area (Å²) in [6.45, 7) is 7.14. The van der Waals surface area contributed by atoms with E-state index in [1.807, 2.05) is 20.8 Å². The normalized spacial score (nSPS) is 20.5. The lowest BCUT2D eigenvalue weighted by atomic mass is 10.1. The number of nitrogens with one attached hydrogen (secondary N) is 3. The first kappa shape index (κ1) is 16.0. The molecule has 1 heterocycles. The van der Waals surface area contributed by atoms with Crippen LogP contribution in [0.5, 0.6) is 0 Å². The smallest absolute Gasteiger partial charge is 0.237 e. The van der Waals surface area contributed by atoms with E-state index in [0.29, 0.717) is 13.0 Å². The number of amides is 2. The molecule has 0 spiro atoms. The largest absolute Gasteiger partial charge is 0.354 e. The first-order chi connectivity index (χ1) is 8.88. The van der Waals surface area contributed by atoms with Crippen molar-refractivity contribution in [2.45, 2.75) is 64.5 Å². The topological polar surface area (TPSA) is 70.2 Å². The van der Waals surface area contributed by atoms with Gasteiger partial charge in [-0.3, -0.25) is 9.59 Å². The zero-order valence-corrected chi connectivity index (χ0v) is 12.3. The number of hydrogen-bond acceptors (Lipinski definition) is 3. The van der Waals surface area contributed by atoms with Crippen LogP contribution < -0.4 is 16.0 Å². The monoisotopic (exact) mass is 269 g/mol. The van der Waals surface area contributed by atoms with Gasteiger partial charge in [0, 0.05) is 18.5 Å². The molecule has 5 nitrogen and oxygen atoms in total. The molecule has 1 rings (SSSR count). The average Bonchev–Trinajstić information content (AvgIpc) is 2.54. The Kier molecular flexibility index (Phi) is 6.28. The molecule has 0 radical (unpaired) electrons. The molecular formula is C14H27N3O2. The predicted molar refractivity (Wildman–Crippen MR) is 75.8 cm³/mol. The third-order valence-corrected chi connectivity index (χ3v) is 3.04. The fourth-order valence-electron chi connectivity index (χ4n) is 2.16. The molecule has 1 saturated heterocycles. The van der Waals surface area contributed by atoms with Gasteiger partial charge in [0.05, 0.1) is 6.04 Å². The molecule has 0 aromatic carbocycles. The molecule has 1 unspecified atom stereocenters. The molecule has 1 fully saturated rings. The van der Waals surface area contributed by atoms with E-state index in [0.717, 1.165) is 25.8 Å². The van der Waals surface area contributed by atoms with Crippen molar-refractivity contribution >= 4 is 11.8 Å². The van der Waals surface area contributed by atoms with Gasteiger partial charge in [0.2, 0.25) is 11.8 Å². The highest BCUT2D eigenvalue weighted by atomic mass is 16.2. The summed E-state index contributed by atoms with van der Waals surface area (Å²) in [5.41, 5.74) is -0.218. The van der Waals surface area contributed by atoms with Crippen molar-refractivity contribution in [1.82, 2.24) is 16.0 Å². The van der Waals surface area contributed by atoms with Gasteiger partial charge in [-0.2, -0.15) is 0 Å². The van der Waals surface area contributed by atoms with E-state index in [1.165, 1.54) is 6.42 Å². The third-order valence-electron chi connectivity index (χ3n) is 3.04. The minimum atomic E-state index is -0.218. The first-order valence-corrected chi connectivity index (χ1v) is 7.20. The van der Waals surface area contributed by atoms with E-state index in [9.17, 15) is 9.59 Å². The molecule has 19 heavy (non-hydrogen) atoms. The Hall–Kier alpha value is -1.10. The Labute approximate surface area is 115 Å². The Balaban J connectivity index is 2.21. The Morgan fingerprint density at radius 1 is 1.21 bits per heavy atom. The lowest BCUT2D eigenvalue weighted by Crippen LogP contribution is -2.46. The Bertz CT molecular complexity index is 302. The molecule has 1 atom stereocenters. The van der Waals surface area contributed by atoms with Crippen LogP contribution in [0, 0.1) is 0 Å². The van der Waals surface area contributed by atoms with Gasteiger partial charge in [0.1, 0.15) is 0 Å². The number of carbonyl (C=O) groups is 2. The highest BCUT2D eigenvalue weighted by Gasteiger charge is 2.19. The van der Waals surface area contributed by atoms with Crippen molar-refractivity contribution in [3.05, 3.63) is 0 Å².